The van der Waals surface area contributed by atoms with Crippen LogP contribution in [0.15, 0.2) is 18.2 Å². The molecule has 1 rings (SSSR count). The topological polar surface area (TPSA) is 76.0 Å². The van der Waals surface area contributed by atoms with Gasteiger partial charge >= 0.3 is 7.60 Å². The van der Waals surface area contributed by atoms with Crippen LogP contribution >= 0.6 is 7.60 Å². The van der Waals surface area contributed by atoms with Gasteiger partial charge in [0, 0.05) is 0 Å². The molecule has 0 radical (unpaired) electrons. The summed E-state index contributed by atoms with van der Waals surface area (Å²) in [6, 6.07) is 4.47. The van der Waals surface area contributed by atoms with E-state index in [0.29, 0.717) is 13.2 Å². The number of hydrogen-bond donors (Lipinski definition) is 2. The highest BCUT2D eigenvalue weighted by atomic mass is 31.2. The highest BCUT2D eigenvalue weighted by molar-refractivity contribution is 7.62. The fourth-order valence-electron chi connectivity index (χ4n) is 5.17. The van der Waals surface area contributed by atoms with Gasteiger partial charge in [0.05, 0.1) is 13.2 Å². The molecule has 40 heavy (non-hydrogen) atoms. The predicted octanol–water partition coefficient (Wildman–Crippen LogP) is 11.4. The van der Waals surface area contributed by atoms with Crippen molar-refractivity contribution in [3.63, 3.8) is 0 Å². The van der Waals surface area contributed by atoms with Crippen molar-refractivity contribution < 1.29 is 23.8 Å². The van der Waals surface area contributed by atoms with Gasteiger partial charge in [-0.3, -0.25) is 4.57 Å². The smallest absolute Gasteiger partial charge is 0.365 e. The van der Waals surface area contributed by atoms with Crippen molar-refractivity contribution >= 4 is 12.9 Å². The Morgan fingerprint density at radius 2 is 0.850 bits per heavy atom. The van der Waals surface area contributed by atoms with E-state index in [1.165, 1.54) is 128 Å². The largest absolute Gasteiger partial charge is 0.504 e. The normalized spacial score (nSPS) is 11.8. The number of rotatable bonds is 29. The Morgan fingerprint density at radius 1 is 0.525 bits per heavy atom. The molecule has 2 N–H and O–H groups in total. The summed E-state index contributed by atoms with van der Waals surface area (Å²) in [7, 11) is -3.71. The van der Waals surface area contributed by atoms with Gasteiger partial charge in [0.2, 0.25) is 0 Å². The predicted molar refractivity (Wildman–Crippen MR) is 171 cm³/mol. The number of unbranched alkanes of at least 4 members (excludes halogenated alkanes) is 22. The highest BCUT2D eigenvalue weighted by Gasteiger charge is 2.31. The molecule has 6 heteroatoms. The standard InChI is InChI=1S/C34H63O5P/c1-3-5-7-9-11-13-15-17-19-21-23-25-30-38-40(37,33-29-27-28-32(35)34(33)36)39-31-26-24-22-20-18-16-14-12-10-8-6-4-2/h27-29,35-36H,3-26,30-31H2,1-2H3. The molecule has 0 heterocycles. The maximum atomic E-state index is 13.7. The summed E-state index contributed by atoms with van der Waals surface area (Å²) >= 11 is 0. The highest BCUT2D eigenvalue weighted by Crippen LogP contribution is 2.51. The second kappa shape index (κ2) is 25.7. The Bertz CT molecular complexity index is 720. The van der Waals surface area contributed by atoms with Crippen molar-refractivity contribution in [3.05, 3.63) is 18.2 Å². The minimum Gasteiger partial charge on any atom is -0.504 e. The van der Waals surface area contributed by atoms with Gasteiger partial charge in [-0.25, -0.2) is 0 Å². The van der Waals surface area contributed by atoms with E-state index in [4.69, 9.17) is 9.05 Å². The van der Waals surface area contributed by atoms with E-state index >= 15 is 0 Å². The lowest BCUT2D eigenvalue weighted by Gasteiger charge is -2.20. The Balaban J connectivity index is 2.25. The van der Waals surface area contributed by atoms with Crippen LogP contribution in [-0.4, -0.2) is 23.4 Å². The number of para-hydroxylation sites is 1. The quantitative estimate of drug-likeness (QED) is 0.0558. The van der Waals surface area contributed by atoms with Gasteiger partial charge in [0.1, 0.15) is 5.30 Å². The van der Waals surface area contributed by atoms with Crippen LogP contribution in [0, 0.1) is 0 Å². The third-order valence-electron chi connectivity index (χ3n) is 7.81. The van der Waals surface area contributed by atoms with E-state index in [1.807, 2.05) is 0 Å². The first-order valence-corrected chi connectivity index (χ1v) is 18.5. The van der Waals surface area contributed by atoms with Crippen LogP contribution in [0.4, 0.5) is 0 Å². The van der Waals surface area contributed by atoms with E-state index in [1.54, 1.807) is 6.07 Å². The van der Waals surface area contributed by atoms with E-state index in [-0.39, 0.29) is 11.1 Å². The number of hydrogen-bond acceptors (Lipinski definition) is 5. The summed E-state index contributed by atoms with van der Waals surface area (Å²) in [6.07, 6.45) is 29.9. The molecule has 0 saturated carbocycles. The minimum absolute atomic E-state index is 0.0605. The Kier molecular flexibility index (Phi) is 23.7. The second-order valence-corrected chi connectivity index (χ2v) is 13.6. The van der Waals surface area contributed by atoms with Gasteiger partial charge in [0.15, 0.2) is 11.5 Å². The molecule has 0 aromatic heterocycles. The second-order valence-electron chi connectivity index (χ2n) is 11.6. The molecule has 0 saturated heterocycles. The van der Waals surface area contributed by atoms with Crippen LogP contribution in [0.5, 0.6) is 11.5 Å². The molecule has 5 nitrogen and oxygen atoms in total. The maximum absolute atomic E-state index is 13.7. The number of aromatic hydroxyl groups is 2. The molecular formula is C34H63O5P. The van der Waals surface area contributed by atoms with Crippen LogP contribution < -0.4 is 5.30 Å². The average Bonchev–Trinajstić information content (AvgIpc) is 2.95. The molecule has 0 fully saturated rings. The Labute approximate surface area is 247 Å². The van der Waals surface area contributed by atoms with Gasteiger partial charge in [-0.2, -0.15) is 0 Å². The van der Waals surface area contributed by atoms with E-state index in [9.17, 15) is 14.8 Å². The zero-order valence-electron chi connectivity index (χ0n) is 26.2. The first-order chi connectivity index (χ1) is 19.5. The first kappa shape index (κ1) is 37.0. The average molecular weight is 583 g/mol. The molecule has 0 bridgehead atoms. The van der Waals surface area contributed by atoms with E-state index in [2.05, 4.69) is 13.8 Å². The summed E-state index contributed by atoms with van der Waals surface area (Å²) in [5.41, 5.74) is 0. The number of benzene rings is 1. The molecule has 0 spiro atoms. The van der Waals surface area contributed by atoms with Gasteiger partial charge in [-0.05, 0) is 25.0 Å². The van der Waals surface area contributed by atoms with Crippen LogP contribution in [0.25, 0.3) is 0 Å². The Hall–Kier alpha value is -1.03. The van der Waals surface area contributed by atoms with Crippen molar-refractivity contribution in [1.29, 1.82) is 0 Å². The molecular weight excluding hydrogens is 519 g/mol. The lowest BCUT2D eigenvalue weighted by molar-refractivity contribution is 0.205. The molecule has 1 aromatic carbocycles. The van der Waals surface area contributed by atoms with Crippen molar-refractivity contribution in [2.75, 3.05) is 13.2 Å². The summed E-state index contributed by atoms with van der Waals surface area (Å²) in [4.78, 5) is 0. The van der Waals surface area contributed by atoms with Crippen molar-refractivity contribution in [3.8, 4) is 11.5 Å². The summed E-state index contributed by atoms with van der Waals surface area (Å²) < 4.78 is 25.3. The van der Waals surface area contributed by atoms with Gasteiger partial charge in [0.25, 0.3) is 0 Å². The molecule has 0 amide bonds. The molecule has 1 aromatic rings. The van der Waals surface area contributed by atoms with Crippen molar-refractivity contribution in [1.82, 2.24) is 0 Å². The summed E-state index contributed by atoms with van der Waals surface area (Å²) in [5.74, 6) is -0.712. The molecule has 234 valence electrons. The third-order valence-corrected chi connectivity index (χ3v) is 9.80. The third kappa shape index (κ3) is 18.4. The van der Waals surface area contributed by atoms with Gasteiger partial charge < -0.3 is 19.3 Å². The fraction of sp³-hybridized carbons (Fsp3) is 0.824. The van der Waals surface area contributed by atoms with E-state index < -0.39 is 13.3 Å². The molecule has 0 atom stereocenters. The zero-order valence-corrected chi connectivity index (χ0v) is 27.1. The number of phenols is 2. The Morgan fingerprint density at radius 3 is 1.20 bits per heavy atom. The van der Waals surface area contributed by atoms with Crippen molar-refractivity contribution in [2.45, 2.75) is 168 Å². The summed E-state index contributed by atoms with van der Waals surface area (Å²) in [5, 5.41) is 20.4. The van der Waals surface area contributed by atoms with Crippen LogP contribution in [-0.2, 0) is 13.6 Å². The van der Waals surface area contributed by atoms with Crippen LogP contribution in [0.2, 0.25) is 0 Å². The minimum atomic E-state index is -3.71. The number of phenolic OH excluding ortho intramolecular Hbond substituents is 2. The first-order valence-electron chi connectivity index (χ1n) is 17.0. The van der Waals surface area contributed by atoms with Gasteiger partial charge in [-0.1, -0.05) is 161 Å². The summed E-state index contributed by atoms with van der Waals surface area (Å²) in [6.45, 7) is 5.16. The van der Waals surface area contributed by atoms with Crippen LogP contribution in [0.3, 0.4) is 0 Å². The lowest BCUT2D eigenvalue weighted by Crippen LogP contribution is -2.12. The monoisotopic (exact) mass is 582 g/mol. The van der Waals surface area contributed by atoms with Gasteiger partial charge in [-0.15, -0.1) is 0 Å². The zero-order chi connectivity index (χ0) is 29.2. The molecule has 0 unspecified atom stereocenters. The molecule has 0 aliphatic carbocycles. The van der Waals surface area contributed by atoms with Crippen LogP contribution in [0.1, 0.15) is 168 Å². The van der Waals surface area contributed by atoms with E-state index in [0.717, 1.165) is 38.5 Å². The molecule has 0 aliphatic rings. The SMILES string of the molecule is CCCCCCCCCCCCCCOP(=O)(OCCCCCCCCCCCCCC)c1cccc(O)c1O. The lowest BCUT2D eigenvalue weighted by atomic mass is 10.1. The van der Waals surface area contributed by atoms with Crippen molar-refractivity contribution in [2.24, 2.45) is 0 Å². The molecule has 0 aliphatic heterocycles. The maximum Gasteiger partial charge on any atom is 0.365 e. The fourth-order valence-corrected chi connectivity index (χ4v) is 6.91.